The Bertz CT molecular complexity index is 763. The molecule has 0 radical (unpaired) electrons. The minimum absolute atomic E-state index is 0.107. The summed E-state index contributed by atoms with van der Waals surface area (Å²) >= 11 is 0. The Morgan fingerprint density at radius 1 is 1.17 bits per heavy atom. The summed E-state index contributed by atoms with van der Waals surface area (Å²) in [4.78, 5) is 12.4. The average Bonchev–Trinajstić information content (AvgIpc) is 2.99. The van der Waals surface area contributed by atoms with E-state index >= 15 is 0 Å². The number of hydrogen-bond acceptors (Lipinski definition) is 5. The van der Waals surface area contributed by atoms with E-state index < -0.39 is 0 Å². The van der Waals surface area contributed by atoms with Crippen LogP contribution in [0.2, 0.25) is 0 Å². The molecule has 0 aliphatic rings. The summed E-state index contributed by atoms with van der Waals surface area (Å²) in [6.45, 7) is 4.52. The highest BCUT2D eigenvalue weighted by Crippen LogP contribution is 2.40. The van der Waals surface area contributed by atoms with Gasteiger partial charge in [-0.1, -0.05) is 0 Å². The molecule has 0 atom stereocenters. The molecule has 6 heteroatoms. The number of ether oxygens (including phenoxy) is 3. The van der Waals surface area contributed by atoms with Crippen molar-refractivity contribution in [3.05, 3.63) is 41.2 Å². The van der Waals surface area contributed by atoms with Crippen molar-refractivity contribution in [2.75, 3.05) is 21.3 Å². The second-order valence-electron chi connectivity index (χ2n) is 5.11. The topological polar surface area (TPSA) is 62.6 Å². The van der Waals surface area contributed by atoms with Crippen molar-refractivity contribution >= 4 is 11.9 Å². The molecular formula is C18H22N2O4. The molecule has 0 spiro atoms. The number of ketones is 1. The molecule has 0 aliphatic carbocycles. The summed E-state index contributed by atoms with van der Waals surface area (Å²) in [6, 6.07) is 3.58. The Balaban J connectivity index is 2.34. The van der Waals surface area contributed by atoms with E-state index in [1.807, 2.05) is 19.9 Å². The first kappa shape index (κ1) is 17.6. The zero-order valence-corrected chi connectivity index (χ0v) is 14.6. The van der Waals surface area contributed by atoms with Crippen molar-refractivity contribution in [1.29, 1.82) is 0 Å². The summed E-state index contributed by atoms with van der Waals surface area (Å²) in [6.07, 6.45) is 4.97. The third-order valence-corrected chi connectivity index (χ3v) is 3.68. The first-order valence-electron chi connectivity index (χ1n) is 7.61. The van der Waals surface area contributed by atoms with Gasteiger partial charge in [0.15, 0.2) is 17.3 Å². The number of methoxy groups -OCH3 is 3. The molecule has 0 fully saturated rings. The maximum Gasteiger partial charge on any atom is 0.203 e. The molecule has 0 saturated heterocycles. The Labute approximate surface area is 141 Å². The summed E-state index contributed by atoms with van der Waals surface area (Å²) in [7, 11) is 4.65. The van der Waals surface area contributed by atoms with Gasteiger partial charge in [-0.15, -0.1) is 0 Å². The van der Waals surface area contributed by atoms with Crippen LogP contribution in [0.25, 0.3) is 6.08 Å². The highest BCUT2D eigenvalue weighted by Gasteiger charge is 2.15. The standard InChI is InChI=1S/C18H22N2O4/c1-6-20-11-14(12(2)19-20)15(21)9-7-13-8-10-16(22-3)18(24-5)17(13)23-4/h7-11H,6H2,1-5H3/b9-7+. The Morgan fingerprint density at radius 3 is 2.42 bits per heavy atom. The molecule has 0 N–H and O–H groups in total. The van der Waals surface area contributed by atoms with E-state index in [2.05, 4.69) is 5.10 Å². The van der Waals surface area contributed by atoms with Crippen molar-refractivity contribution in [3.8, 4) is 17.2 Å². The van der Waals surface area contributed by atoms with Crippen molar-refractivity contribution < 1.29 is 19.0 Å². The predicted molar refractivity (Wildman–Crippen MR) is 92.1 cm³/mol. The lowest BCUT2D eigenvalue weighted by Crippen LogP contribution is -1.98. The second-order valence-corrected chi connectivity index (χ2v) is 5.11. The molecule has 0 amide bonds. The number of carbonyl (C=O) groups excluding carboxylic acids is 1. The van der Waals surface area contributed by atoms with Gasteiger partial charge in [-0.3, -0.25) is 9.48 Å². The Morgan fingerprint density at radius 2 is 1.88 bits per heavy atom. The van der Waals surface area contributed by atoms with Crippen molar-refractivity contribution in [2.24, 2.45) is 0 Å². The fraction of sp³-hybridized carbons (Fsp3) is 0.333. The van der Waals surface area contributed by atoms with Crippen LogP contribution in [0, 0.1) is 6.92 Å². The molecule has 1 aromatic heterocycles. The van der Waals surface area contributed by atoms with E-state index in [0.29, 0.717) is 28.5 Å². The zero-order valence-electron chi connectivity index (χ0n) is 14.6. The molecule has 128 valence electrons. The normalized spacial score (nSPS) is 10.9. The lowest BCUT2D eigenvalue weighted by atomic mass is 10.1. The molecular weight excluding hydrogens is 308 g/mol. The molecule has 2 aromatic rings. The number of rotatable bonds is 7. The fourth-order valence-electron chi connectivity index (χ4n) is 2.43. The predicted octanol–water partition coefficient (Wildman–Crippen LogP) is 3.13. The molecule has 24 heavy (non-hydrogen) atoms. The largest absolute Gasteiger partial charge is 0.493 e. The van der Waals surface area contributed by atoms with Crippen LogP contribution in [0.1, 0.15) is 28.5 Å². The molecule has 0 bridgehead atoms. The summed E-state index contributed by atoms with van der Waals surface area (Å²) in [5, 5.41) is 4.29. The highest BCUT2D eigenvalue weighted by atomic mass is 16.5. The maximum absolute atomic E-state index is 12.4. The number of hydrogen-bond donors (Lipinski definition) is 0. The van der Waals surface area contributed by atoms with Crippen LogP contribution < -0.4 is 14.2 Å². The SMILES string of the molecule is CCn1cc(C(=O)/C=C/c2ccc(OC)c(OC)c2OC)c(C)n1. The summed E-state index contributed by atoms with van der Waals surface area (Å²) in [5.41, 5.74) is 2.03. The van der Waals surface area contributed by atoms with Crippen molar-refractivity contribution in [3.63, 3.8) is 0 Å². The third-order valence-electron chi connectivity index (χ3n) is 3.68. The first-order valence-corrected chi connectivity index (χ1v) is 7.61. The van der Waals surface area contributed by atoms with Crippen molar-refractivity contribution in [2.45, 2.75) is 20.4 Å². The number of aromatic nitrogens is 2. The monoisotopic (exact) mass is 330 g/mol. The fourth-order valence-corrected chi connectivity index (χ4v) is 2.43. The molecule has 0 unspecified atom stereocenters. The molecule has 1 heterocycles. The van der Waals surface area contributed by atoms with Gasteiger partial charge >= 0.3 is 0 Å². The van der Waals surface area contributed by atoms with Gasteiger partial charge in [-0.2, -0.15) is 5.10 Å². The molecule has 0 saturated carbocycles. The number of benzene rings is 1. The van der Waals surface area contributed by atoms with Gasteiger partial charge < -0.3 is 14.2 Å². The smallest absolute Gasteiger partial charge is 0.203 e. The number of carbonyl (C=O) groups is 1. The number of nitrogens with zero attached hydrogens (tertiary/aromatic N) is 2. The van der Waals surface area contributed by atoms with E-state index in [1.54, 1.807) is 44.4 Å². The zero-order chi connectivity index (χ0) is 17.7. The number of aryl methyl sites for hydroxylation is 2. The van der Waals surface area contributed by atoms with Gasteiger partial charge in [-0.25, -0.2) is 0 Å². The lowest BCUT2D eigenvalue weighted by molar-refractivity contribution is 0.104. The van der Waals surface area contributed by atoms with Gasteiger partial charge in [0.2, 0.25) is 5.75 Å². The summed E-state index contributed by atoms with van der Waals surface area (Å²) < 4.78 is 17.8. The van der Waals surface area contributed by atoms with Gasteiger partial charge in [0.25, 0.3) is 0 Å². The Kier molecular flexibility index (Phi) is 5.63. The molecule has 2 rings (SSSR count). The van der Waals surface area contributed by atoms with Crippen molar-refractivity contribution in [1.82, 2.24) is 9.78 Å². The average molecular weight is 330 g/mol. The van der Waals surface area contributed by atoms with E-state index in [1.165, 1.54) is 6.08 Å². The van der Waals surface area contributed by atoms with Crippen LogP contribution in [-0.2, 0) is 6.54 Å². The highest BCUT2D eigenvalue weighted by molar-refractivity contribution is 6.07. The quantitative estimate of drug-likeness (QED) is 0.576. The van der Waals surface area contributed by atoms with Crippen LogP contribution >= 0.6 is 0 Å². The first-order chi connectivity index (χ1) is 11.5. The van der Waals surface area contributed by atoms with Crippen LogP contribution in [-0.4, -0.2) is 36.9 Å². The Hall–Kier alpha value is -2.76. The molecule has 1 aromatic carbocycles. The van der Waals surface area contributed by atoms with E-state index in [4.69, 9.17) is 14.2 Å². The van der Waals surface area contributed by atoms with Gasteiger partial charge in [0, 0.05) is 18.3 Å². The van der Waals surface area contributed by atoms with Gasteiger partial charge in [-0.05, 0) is 38.1 Å². The van der Waals surface area contributed by atoms with E-state index in [-0.39, 0.29) is 5.78 Å². The third kappa shape index (κ3) is 3.42. The second kappa shape index (κ2) is 7.68. The maximum atomic E-state index is 12.4. The minimum atomic E-state index is -0.107. The van der Waals surface area contributed by atoms with Crippen LogP contribution in [0.15, 0.2) is 24.4 Å². The van der Waals surface area contributed by atoms with Crippen LogP contribution in [0.3, 0.4) is 0 Å². The van der Waals surface area contributed by atoms with E-state index in [9.17, 15) is 4.79 Å². The molecule has 0 aliphatic heterocycles. The van der Waals surface area contributed by atoms with Gasteiger partial charge in [0.1, 0.15) is 0 Å². The molecule has 6 nitrogen and oxygen atoms in total. The van der Waals surface area contributed by atoms with Gasteiger partial charge in [0.05, 0.1) is 32.6 Å². The summed E-state index contributed by atoms with van der Waals surface area (Å²) in [5.74, 6) is 1.47. The number of allylic oxidation sites excluding steroid dienone is 1. The van der Waals surface area contributed by atoms with E-state index in [0.717, 1.165) is 12.1 Å². The van der Waals surface area contributed by atoms with Crippen LogP contribution in [0.4, 0.5) is 0 Å². The lowest BCUT2D eigenvalue weighted by Gasteiger charge is -2.13. The van der Waals surface area contributed by atoms with Crippen LogP contribution in [0.5, 0.6) is 17.2 Å². The minimum Gasteiger partial charge on any atom is -0.493 e.